The van der Waals surface area contributed by atoms with Crippen LogP contribution in [0.5, 0.6) is 0 Å². The van der Waals surface area contributed by atoms with Crippen molar-refractivity contribution >= 4 is 59.1 Å². The zero-order chi connectivity index (χ0) is 21.9. The van der Waals surface area contributed by atoms with Crippen LogP contribution in [0, 0.1) is 0 Å². The van der Waals surface area contributed by atoms with Crippen LogP contribution in [0.25, 0.3) is 31.8 Å². The van der Waals surface area contributed by atoms with Crippen molar-refractivity contribution < 1.29 is 48.0 Å². The molecule has 5 heteroatoms. The van der Waals surface area contributed by atoms with Crippen LogP contribution in [-0.4, -0.2) is 0 Å². The van der Waals surface area contributed by atoms with Crippen LogP contribution < -0.4 is 24.8 Å². The van der Waals surface area contributed by atoms with Crippen LogP contribution in [-0.2, 0) is 23.2 Å². The number of hydrogen-bond donors (Lipinski definition) is 0. The number of rotatable bonds is 3. The van der Waals surface area contributed by atoms with Crippen LogP contribution >= 0.6 is 27.3 Å². The molecule has 4 aromatic carbocycles. The second-order valence-corrected chi connectivity index (χ2v) is 14.4. The molecule has 0 amide bonds. The Labute approximate surface area is 241 Å². The van der Waals surface area contributed by atoms with Gasteiger partial charge in [-0.1, -0.05) is 0 Å². The SMILES string of the molecule is Brc1cccc2c1[CH]([Zr+2][CH]1c3cc4cc(ccc41)sc1cccc3c1)C(c1ccccc1)=C2.[Cl-].[Cl-]. The van der Waals surface area contributed by atoms with Crippen molar-refractivity contribution in [2.75, 3.05) is 0 Å². The number of benzene rings is 4. The molecule has 170 valence electrons. The van der Waals surface area contributed by atoms with Gasteiger partial charge in [-0.3, -0.25) is 0 Å². The Morgan fingerprint density at radius 3 is 2.29 bits per heavy atom. The molecule has 2 unspecified atom stereocenters. The molecule has 0 spiro atoms. The van der Waals surface area contributed by atoms with E-state index in [2.05, 4.69) is 119 Å². The van der Waals surface area contributed by atoms with Gasteiger partial charge < -0.3 is 24.8 Å². The normalized spacial score (nSPS) is 16.9. The van der Waals surface area contributed by atoms with Gasteiger partial charge in [0.2, 0.25) is 0 Å². The molecule has 0 fully saturated rings. The minimum atomic E-state index is -1.00. The second-order valence-electron chi connectivity index (χ2n) is 8.76. The smallest absolute Gasteiger partial charge is 1.00 e. The first-order valence-corrected chi connectivity index (χ1v) is 15.6. The zero-order valence-electron chi connectivity index (χ0n) is 18.5. The predicted molar refractivity (Wildman–Crippen MR) is 141 cm³/mol. The van der Waals surface area contributed by atoms with Crippen molar-refractivity contribution in [3.8, 4) is 0 Å². The van der Waals surface area contributed by atoms with Crippen molar-refractivity contribution in [3.05, 3.63) is 129 Å². The van der Waals surface area contributed by atoms with Crippen molar-refractivity contribution in [2.45, 2.75) is 7.25 Å². The predicted octanol–water partition coefficient (Wildman–Crippen LogP) is 3.17. The Hall–Kier alpha value is -1.48. The number of hydrogen-bond acceptors (Lipinski definition) is 1. The van der Waals surface area contributed by atoms with Gasteiger partial charge in [-0.15, -0.1) is 0 Å². The molecule has 2 aliphatic carbocycles. The molecule has 7 rings (SSSR count). The summed E-state index contributed by atoms with van der Waals surface area (Å²) in [5.41, 5.74) is 8.83. The molecule has 0 aliphatic heterocycles. The van der Waals surface area contributed by atoms with Gasteiger partial charge in [-0.2, -0.15) is 0 Å². The zero-order valence-corrected chi connectivity index (χ0v) is 24.9. The summed E-state index contributed by atoms with van der Waals surface area (Å²) in [5.74, 6) is 0. The van der Waals surface area contributed by atoms with Gasteiger partial charge in [0.1, 0.15) is 0 Å². The van der Waals surface area contributed by atoms with E-state index in [9.17, 15) is 0 Å². The van der Waals surface area contributed by atoms with Gasteiger partial charge in [0, 0.05) is 0 Å². The molecule has 1 heterocycles. The van der Waals surface area contributed by atoms with Crippen LogP contribution in [0.3, 0.4) is 0 Å². The Morgan fingerprint density at radius 1 is 0.657 bits per heavy atom. The summed E-state index contributed by atoms with van der Waals surface area (Å²) >= 11 is 4.80. The maximum absolute atomic E-state index is 3.92. The molecule has 0 nitrogen and oxygen atoms in total. The van der Waals surface area contributed by atoms with E-state index in [4.69, 9.17) is 0 Å². The molecule has 35 heavy (non-hydrogen) atoms. The molecule has 2 aliphatic rings. The van der Waals surface area contributed by atoms with Crippen LogP contribution in [0.2, 0.25) is 0 Å². The average molecular weight is 654 g/mol. The fourth-order valence-corrected chi connectivity index (χ4v) is 12.6. The van der Waals surface area contributed by atoms with E-state index in [1.165, 1.54) is 52.5 Å². The van der Waals surface area contributed by atoms with E-state index in [0.717, 1.165) is 0 Å². The van der Waals surface area contributed by atoms with Gasteiger partial charge in [0.25, 0.3) is 0 Å². The van der Waals surface area contributed by atoms with E-state index in [1.807, 2.05) is 11.3 Å². The summed E-state index contributed by atoms with van der Waals surface area (Å²) < 4.78 is 5.00. The minimum absolute atomic E-state index is 0. The molecule has 0 saturated carbocycles. The third-order valence-corrected chi connectivity index (χ3v) is 13.1. The van der Waals surface area contributed by atoms with E-state index < -0.39 is 23.2 Å². The fourth-order valence-electron chi connectivity index (χ4n) is 5.34. The number of fused-ring (bicyclic) bond motifs is 6. The summed E-state index contributed by atoms with van der Waals surface area (Å²) in [5, 5.41) is 2.83. The van der Waals surface area contributed by atoms with Gasteiger partial charge in [-0.05, 0) is 0 Å². The summed E-state index contributed by atoms with van der Waals surface area (Å²) in [6.07, 6.45) is 2.45. The van der Waals surface area contributed by atoms with Crippen molar-refractivity contribution in [1.29, 1.82) is 0 Å². The molecule has 0 saturated heterocycles. The Bertz CT molecular complexity index is 1610. The van der Waals surface area contributed by atoms with E-state index in [-0.39, 0.29) is 24.8 Å². The first-order chi connectivity index (χ1) is 16.2. The van der Waals surface area contributed by atoms with Gasteiger partial charge in [0.05, 0.1) is 0 Å². The first-order valence-electron chi connectivity index (χ1n) is 11.2. The van der Waals surface area contributed by atoms with Gasteiger partial charge >= 0.3 is 219 Å². The molecule has 2 atom stereocenters. The summed E-state index contributed by atoms with van der Waals surface area (Å²) in [6.45, 7) is 0. The van der Waals surface area contributed by atoms with Crippen molar-refractivity contribution in [2.24, 2.45) is 0 Å². The molecule has 5 aromatic rings. The maximum Gasteiger partial charge on any atom is -1.00 e. The van der Waals surface area contributed by atoms with Crippen LogP contribution in [0.15, 0.2) is 102 Å². The third kappa shape index (κ3) is 4.34. The van der Waals surface area contributed by atoms with Crippen molar-refractivity contribution in [1.82, 2.24) is 0 Å². The fraction of sp³-hybridized carbons (Fsp3) is 0.0667. The molecular formula is C30H19BrCl2SZr. The van der Waals surface area contributed by atoms with E-state index >= 15 is 0 Å². The number of halogens is 3. The molecule has 1 aromatic heterocycles. The summed E-state index contributed by atoms with van der Waals surface area (Å²) in [7, 11) is 0. The quantitative estimate of drug-likeness (QED) is 0.281. The first kappa shape index (κ1) is 25.2. The van der Waals surface area contributed by atoms with E-state index in [1.54, 1.807) is 5.56 Å². The third-order valence-electron chi connectivity index (χ3n) is 6.83. The standard InChI is InChI=1S/C15H10Br.C15H9S.2ClH.Zr/c16-15-8-4-7-12-9-13(10-14(12)15)11-5-2-1-3-6-11;1-2-10-8-14(3-1)16-15-5-4-11-6-12(10)7-13(11)9-15;;;/h1-10H;1-9H;2*1H;/q;;;;+2/p-2. The van der Waals surface area contributed by atoms with Crippen molar-refractivity contribution in [3.63, 3.8) is 0 Å². The van der Waals surface area contributed by atoms with Gasteiger partial charge in [-0.25, -0.2) is 0 Å². The van der Waals surface area contributed by atoms with Gasteiger partial charge in [0.15, 0.2) is 0 Å². The van der Waals surface area contributed by atoms with E-state index in [0.29, 0.717) is 7.25 Å². The second kappa shape index (κ2) is 10.1. The molecule has 5 bridgehead atoms. The largest absolute Gasteiger partial charge is 1.00 e. The van der Waals surface area contributed by atoms with Crippen LogP contribution in [0.4, 0.5) is 0 Å². The maximum atomic E-state index is 3.92. The molecule has 0 radical (unpaired) electrons. The minimum Gasteiger partial charge on any atom is -1.00 e. The summed E-state index contributed by atoms with van der Waals surface area (Å²) in [6, 6.07) is 36.5. The Morgan fingerprint density at radius 2 is 1.43 bits per heavy atom. The van der Waals surface area contributed by atoms with Crippen LogP contribution in [0.1, 0.15) is 35.1 Å². The topological polar surface area (TPSA) is 0 Å². The summed E-state index contributed by atoms with van der Waals surface area (Å²) in [4.78, 5) is 0. The Kier molecular flexibility index (Phi) is 7.28. The number of allylic oxidation sites excluding steroid dienone is 1. The monoisotopic (exact) mass is 650 g/mol. The average Bonchev–Trinajstić information content (AvgIpc) is 3.40. The molecular weight excluding hydrogens is 634 g/mol. The molecule has 0 N–H and O–H groups in total. The Balaban J connectivity index is 0.00000127.